The van der Waals surface area contributed by atoms with Crippen LogP contribution in [0, 0.1) is 3.57 Å². The molecule has 74 valence electrons. The fraction of sp³-hybridized carbons (Fsp3) is 0. The molecule has 0 spiro atoms. The van der Waals surface area contributed by atoms with E-state index in [1.54, 1.807) is 11.7 Å². The van der Waals surface area contributed by atoms with Crippen LogP contribution in [0.25, 0.3) is 0 Å². The number of nitrogens with one attached hydrogen (secondary N) is 2. The van der Waals surface area contributed by atoms with Crippen molar-refractivity contribution in [1.29, 1.82) is 0 Å². The number of hydroxylamine groups is 1. The van der Waals surface area contributed by atoms with Gasteiger partial charge in [0, 0.05) is 14.2 Å². The highest BCUT2D eigenvalue weighted by Crippen LogP contribution is 2.04. The first kappa shape index (κ1) is 10.9. The van der Waals surface area contributed by atoms with Crippen LogP contribution < -0.4 is 16.3 Å². The van der Waals surface area contributed by atoms with E-state index < -0.39 is 0 Å². The molecule has 0 aromatic heterocycles. The molecule has 0 amide bonds. The van der Waals surface area contributed by atoms with E-state index >= 15 is 0 Å². The van der Waals surface area contributed by atoms with Crippen molar-refractivity contribution in [2.45, 2.75) is 0 Å². The summed E-state index contributed by atoms with van der Waals surface area (Å²) in [7, 11) is 0. The van der Waals surface area contributed by atoms with Crippen LogP contribution in [0.3, 0.4) is 0 Å². The standard InChI is InChI=1S/C8H9IN4O/c9-7-3-1-2-6(4-7)5-11-12-8(10)13-14/h1-5,14H,(H3,10,12,13)/p+1. The first-order valence-electron chi connectivity index (χ1n) is 3.80. The third-order valence-corrected chi connectivity index (χ3v) is 2.05. The van der Waals surface area contributed by atoms with Gasteiger partial charge in [0.25, 0.3) is 5.96 Å². The van der Waals surface area contributed by atoms with Crippen molar-refractivity contribution in [1.82, 2.24) is 5.48 Å². The molecule has 0 bridgehead atoms. The molecule has 0 aliphatic rings. The Kier molecular flexibility index (Phi) is 4.33. The third kappa shape index (κ3) is 3.71. The van der Waals surface area contributed by atoms with E-state index in [2.05, 4.69) is 32.8 Å². The van der Waals surface area contributed by atoms with Gasteiger partial charge in [0.2, 0.25) is 6.21 Å². The van der Waals surface area contributed by atoms with E-state index in [0.717, 1.165) is 9.13 Å². The fourth-order valence-corrected chi connectivity index (χ4v) is 1.36. The maximum atomic E-state index is 8.32. The van der Waals surface area contributed by atoms with Gasteiger partial charge in [0.05, 0.1) is 0 Å². The highest BCUT2D eigenvalue weighted by molar-refractivity contribution is 14.1. The summed E-state index contributed by atoms with van der Waals surface area (Å²) in [4.78, 5) is 0. The molecular formula is C8H10IN4O+. The van der Waals surface area contributed by atoms with Crippen LogP contribution in [0.4, 0.5) is 0 Å². The lowest BCUT2D eigenvalue weighted by molar-refractivity contribution is -0.457. The molecule has 0 aliphatic heterocycles. The second-order valence-corrected chi connectivity index (χ2v) is 3.68. The summed E-state index contributed by atoms with van der Waals surface area (Å²) >= 11 is 2.22. The van der Waals surface area contributed by atoms with Crippen LogP contribution in [0.2, 0.25) is 0 Å². The van der Waals surface area contributed by atoms with Crippen LogP contribution in [-0.4, -0.2) is 17.4 Å². The number of nitrogens with zero attached hydrogens (tertiary/aromatic N) is 1. The molecule has 0 saturated carbocycles. The number of hydrazone groups is 1. The summed E-state index contributed by atoms with van der Waals surface area (Å²) in [5.41, 5.74) is 7.86. The smallest absolute Gasteiger partial charge is 0.283 e. The normalized spacial score (nSPS) is 12.0. The summed E-state index contributed by atoms with van der Waals surface area (Å²) in [6.45, 7) is 0. The summed E-state index contributed by atoms with van der Waals surface area (Å²) in [6, 6.07) is 7.83. The maximum absolute atomic E-state index is 8.32. The lowest BCUT2D eigenvalue weighted by Crippen LogP contribution is -2.64. The van der Waals surface area contributed by atoms with Gasteiger partial charge >= 0.3 is 0 Å². The monoisotopic (exact) mass is 305 g/mol. The summed E-state index contributed by atoms with van der Waals surface area (Å²) < 4.78 is 1.13. The van der Waals surface area contributed by atoms with Crippen molar-refractivity contribution in [3.8, 4) is 0 Å². The van der Waals surface area contributed by atoms with Crippen LogP contribution in [0.1, 0.15) is 5.56 Å². The number of hydrogen-bond donors (Lipinski definition) is 4. The Labute approximate surface area is 94.8 Å². The van der Waals surface area contributed by atoms with Crippen LogP contribution >= 0.6 is 22.6 Å². The van der Waals surface area contributed by atoms with E-state index in [1.807, 2.05) is 24.3 Å². The third-order valence-electron chi connectivity index (χ3n) is 1.38. The zero-order valence-corrected chi connectivity index (χ0v) is 9.39. The first-order chi connectivity index (χ1) is 6.72. The Morgan fingerprint density at radius 1 is 1.64 bits per heavy atom. The van der Waals surface area contributed by atoms with Crippen molar-refractivity contribution in [3.05, 3.63) is 33.4 Å². The lowest BCUT2D eigenvalue weighted by atomic mass is 10.2. The van der Waals surface area contributed by atoms with Crippen molar-refractivity contribution < 1.29 is 10.3 Å². The number of halogens is 1. The minimum absolute atomic E-state index is 0.0909. The van der Waals surface area contributed by atoms with E-state index in [1.165, 1.54) is 0 Å². The molecule has 0 fully saturated rings. The molecule has 0 unspecified atom stereocenters. The van der Waals surface area contributed by atoms with Gasteiger partial charge in [0.1, 0.15) is 0 Å². The number of rotatable bonds is 2. The first-order valence-corrected chi connectivity index (χ1v) is 4.88. The SMILES string of the molecule is N/C(=N\[NH+]=Cc1cccc(I)c1)NO. The van der Waals surface area contributed by atoms with E-state index in [0.29, 0.717) is 0 Å². The highest BCUT2D eigenvalue weighted by atomic mass is 127. The summed E-state index contributed by atoms with van der Waals surface area (Å²) in [5, 5.41) is 14.5. The molecule has 6 heteroatoms. The lowest BCUT2D eigenvalue weighted by Gasteiger charge is -1.89. The van der Waals surface area contributed by atoms with Gasteiger partial charge in [-0.15, -0.1) is 5.10 Å². The molecule has 0 radical (unpaired) electrons. The van der Waals surface area contributed by atoms with Crippen LogP contribution in [0.15, 0.2) is 29.4 Å². The molecule has 1 aromatic rings. The Bertz CT molecular complexity index is 364. The van der Waals surface area contributed by atoms with Gasteiger partial charge in [-0.25, -0.2) is 5.48 Å². The Morgan fingerprint density at radius 2 is 2.43 bits per heavy atom. The predicted molar refractivity (Wildman–Crippen MR) is 61.8 cm³/mol. The molecule has 0 aliphatic carbocycles. The van der Waals surface area contributed by atoms with E-state index in [4.69, 9.17) is 10.9 Å². The molecule has 1 aromatic carbocycles. The van der Waals surface area contributed by atoms with Crippen molar-refractivity contribution in [3.63, 3.8) is 0 Å². The topological polar surface area (TPSA) is 84.6 Å². The van der Waals surface area contributed by atoms with E-state index in [9.17, 15) is 0 Å². The van der Waals surface area contributed by atoms with Crippen molar-refractivity contribution >= 4 is 34.8 Å². The summed E-state index contributed by atoms with van der Waals surface area (Å²) in [5.74, 6) is -0.0909. The minimum Gasteiger partial charge on any atom is -0.363 e. The average Bonchev–Trinajstić information content (AvgIpc) is 2.17. The molecule has 0 atom stereocenters. The number of benzene rings is 1. The second kappa shape index (κ2) is 5.55. The van der Waals surface area contributed by atoms with Crippen molar-refractivity contribution in [2.24, 2.45) is 10.8 Å². The molecule has 1 rings (SSSR count). The highest BCUT2D eigenvalue weighted by Gasteiger charge is 1.92. The van der Waals surface area contributed by atoms with Crippen LogP contribution in [0.5, 0.6) is 0 Å². The Morgan fingerprint density at radius 3 is 3.07 bits per heavy atom. The van der Waals surface area contributed by atoms with Gasteiger partial charge < -0.3 is 5.73 Å². The Hall–Kier alpha value is -1.15. The van der Waals surface area contributed by atoms with E-state index in [-0.39, 0.29) is 5.96 Å². The van der Waals surface area contributed by atoms with Crippen molar-refractivity contribution in [2.75, 3.05) is 0 Å². The zero-order chi connectivity index (χ0) is 10.4. The van der Waals surface area contributed by atoms with Gasteiger partial charge in [-0.2, -0.15) is 0 Å². The fourth-order valence-electron chi connectivity index (χ4n) is 0.798. The van der Waals surface area contributed by atoms with Crippen LogP contribution in [-0.2, 0) is 0 Å². The molecule has 0 saturated heterocycles. The Balaban J connectivity index is 2.69. The predicted octanol–water partition coefficient (Wildman–Crippen LogP) is -1.00. The zero-order valence-electron chi connectivity index (χ0n) is 7.24. The van der Waals surface area contributed by atoms with Gasteiger partial charge in [-0.3, -0.25) is 5.21 Å². The second-order valence-electron chi connectivity index (χ2n) is 2.44. The average molecular weight is 305 g/mol. The molecule has 5 N–H and O–H groups in total. The van der Waals surface area contributed by atoms with Gasteiger partial charge in [-0.1, -0.05) is 6.07 Å². The van der Waals surface area contributed by atoms with Gasteiger partial charge in [-0.05, 0) is 40.8 Å². The molecule has 0 heterocycles. The largest absolute Gasteiger partial charge is 0.363 e. The number of guanidine groups is 1. The van der Waals surface area contributed by atoms with Gasteiger partial charge in [0.15, 0.2) is 0 Å². The molecule has 5 nitrogen and oxygen atoms in total. The molecule has 14 heavy (non-hydrogen) atoms. The quantitative estimate of drug-likeness (QED) is 0.245. The molecular weight excluding hydrogens is 295 g/mol. The number of hydrogen-bond acceptors (Lipinski definition) is 2. The maximum Gasteiger partial charge on any atom is 0.283 e. The number of nitrogens with two attached hydrogens (primary N) is 1. The minimum atomic E-state index is -0.0909. The summed E-state index contributed by atoms with van der Waals surface area (Å²) in [6.07, 6.45) is 1.67.